The van der Waals surface area contributed by atoms with Gasteiger partial charge in [0, 0.05) is 42.3 Å². The minimum absolute atomic E-state index is 0.0800. The fourth-order valence-electron chi connectivity index (χ4n) is 2.47. The van der Waals surface area contributed by atoms with Crippen molar-refractivity contribution in [1.82, 2.24) is 10.2 Å². The molecule has 1 fully saturated rings. The molecule has 0 unspecified atom stereocenters. The first-order valence-electron chi connectivity index (χ1n) is 7.04. The number of rotatable bonds is 5. The normalized spacial score (nSPS) is 16.2. The van der Waals surface area contributed by atoms with E-state index in [0.29, 0.717) is 6.04 Å². The summed E-state index contributed by atoms with van der Waals surface area (Å²) in [6.45, 7) is 2.56. The SMILES string of the molecule is COCC(=O)N1CCC(NCc2ccc(Cl)cc2Br)CC1. The van der Waals surface area contributed by atoms with Crippen molar-refractivity contribution in [1.29, 1.82) is 0 Å². The van der Waals surface area contributed by atoms with Gasteiger partial charge in [-0.2, -0.15) is 0 Å². The lowest BCUT2D eigenvalue weighted by Gasteiger charge is -2.32. The Bertz CT molecular complexity index is 491. The first-order chi connectivity index (χ1) is 10.1. The molecular formula is C15H20BrClN2O2. The van der Waals surface area contributed by atoms with Gasteiger partial charge in [0.25, 0.3) is 0 Å². The number of nitrogens with one attached hydrogen (secondary N) is 1. The van der Waals surface area contributed by atoms with Crippen molar-refractivity contribution in [3.05, 3.63) is 33.3 Å². The van der Waals surface area contributed by atoms with Gasteiger partial charge in [0.05, 0.1) is 0 Å². The van der Waals surface area contributed by atoms with Crippen molar-refractivity contribution in [3.63, 3.8) is 0 Å². The van der Waals surface area contributed by atoms with Crippen LogP contribution >= 0.6 is 27.5 Å². The van der Waals surface area contributed by atoms with Gasteiger partial charge in [0.15, 0.2) is 0 Å². The Morgan fingerprint density at radius 1 is 1.48 bits per heavy atom. The van der Waals surface area contributed by atoms with E-state index < -0.39 is 0 Å². The van der Waals surface area contributed by atoms with Crippen LogP contribution in [0.5, 0.6) is 0 Å². The van der Waals surface area contributed by atoms with Crippen molar-refractivity contribution in [3.8, 4) is 0 Å². The average molecular weight is 376 g/mol. The van der Waals surface area contributed by atoms with Crippen molar-refractivity contribution in [2.24, 2.45) is 0 Å². The summed E-state index contributed by atoms with van der Waals surface area (Å²) in [5.41, 5.74) is 1.19. The van der Waals surface area contributed by atoms with Gasteiger partial charge in [0.2, 0.25) is 5.91 Å². The monoisotopic (exact) mass is 374 g/mol. The van der Waals surface area contributed by atoms with Crippen LogP contribution in [0.1, 0.15) is 18.4 Å². The van der Waals surface area contributed by atoms with Crippen LogP contribution in [-0.4, -0.2) is 43.7 Å². The second kappa shape index (κ2) is 8.13. The number of likely N-dealkylation sites (tertiary alicyclic amines) is 1. The van der Waals surface area contributed by atoms with Crippen LogP contribution in [0.15, 0.2) is 22.7 Å². The number of halogens is 2. The third-order valence-corrected chi connectivity index (χ3v) is 4.69. The van der Waals surface area contributed by atoms with E-state index in [1.807, 2.05) is 23.1 Å². The Kier molecular flexibility index (Phi) is 6.48. The van der Waals surface area contributed by atoms with E-state index >= 15 is 0 Å². The summed E-state index contributed by atoms with van der Waals surface area (Å²) in [4.78, 5) is 13.6. The zero-order chi connectivity index (χ0) is 15.2. The number of carbonyl (C=O) groups excluding carboxylic acids is 1. The fourth-order valence-corrected chi connectivity index (χ4v) is 3.29. The maximum absolute atomic E-state index is 11.7. The lowest BCUT2D eigenvalue weighted by Crippen LogP contribution is -2.45. The minimum atomic E-state index is 0.0800. The summed E-state index contributed by atoms with van der Waals surface area (Å²) < 4.78 is 5.91. The zero-order valence-corrected chi connectivity index (χ0v) is 14.4. The highest BCUT2D eigenvalue weighted by molar-refractivity contribution is 9.10. The molecule has 6 heteroatoms. The summed E-state index contributed by atoms with van der Waals surface area (Å²) in [5.74, 6) is 0.0800. The molecule has 0 aliphatic carbocycles. The molecule has 116 valence electrons. The maximum Gasteiger partial charge on any atom is 0.248 e. The van der Waals surface area contributed by atoms with Gasteiger partial charge in [-0.3, -0.25) is 4.79 Å². The number of carbonyl (C=O) groups is 1. The predicted octanol–water partition coefficient (Wildman–Crippen LogP) is 2.83. The van der Waals surface area contributed by atoms with Crippen LogP contribution in [0.4, 0.5) is 0 Å². The Balaban J connectivity index is 1.77. The first-order valence-corrected chi connectivity index (χ1v) is 8.21. The Morgan fingerprint density at radius 3 is 2.81 bits per heavy atom. The summed E-state index contributed by atoms with van der Waals surface area (Å²) in [7, 11) is 1.55. The fraction of sp³-hybridized carbons (Fsp3) is 0.533. The molecule has 1 aromatic carbocycles. The summed E-state index contributed by atoms with van der Waals surface area (Å²) in [5, 5.41) is 4.28. The van der Waals surface area contributed by atoms with Gasteiger partial charge in [-0.05, 0) is 30.5 Å². The van der Waals surface area contributed by atoms with E-state index in [1.165, 1.54) is 5.56 Å². The smallest absolute Gasteiger partial charge is 0.248 e. The molecule has 0 aromatic heterocycles. The zero-order valence-electron chi connectivity index (χ0n) is 12.1. The highest BCUT2D eigenvalue weighted by atomic mass is 79.9. The van der Waals surface area contributed by atoms with Gasteiger partial charge < -0.3 is 15.0 Å². The molecule has 0 bridgehead atoms. The third-order valence-electron chi connectivity index (χ3n) is 3.71. The van der Waals surface area contributed by atoms with E-state index in [4.69, 9.17) is 16.3 Å². The largest absolute Gasteiger partial charge is 0.375 e. The summed E-state index contributed by atoms with van der Waals surface area (Å²) >= 11 is 9.47. The second-order valence-electron chi connectivity index (χ2n) is 5.20. The second-order valence-corrected chi connectivity index (χ2v) is 6.50. The molecule has 1 aliphatic rings. The molecule has 1 aromatic rings. The van der Waals surface area contributed by atoms with Crippen LogP contribution < -0.4 is 5.32 Å². The molecule has 1 amide bonds. The lowest BCUT2D eigenvalue weighted by atomic mass is 10.0. The first kappa shape index (κ1) is 16.7. The van der Waals surface area contributed by atoms with E-state index in [1.54, 1.807) is 7.11 Å². The molecule has 0 spiro atoms. The molecule has 0 atom stereocenters. The number of benzene rings is 1. The molecule has 4 nitrogen and oxygen atoms in total. The third kappa shape index (κ3) is 4.95. The summed E-state index contributed by atoms with van der Waals surface area (Å²) in [6, 6.07) is 6.27. The van der Waals surface area contributed by atoms with Crippen LogP contribution in [-0.2, 0) is 16.1 Å². The standard InChI is InChI=1S/C15H20BrClN2O2/c1-21-10-15(20)19-6-4-13(5-7-19)18-9-11-2-3-12(17)8-14(11)16/h2-3,8,13,18H,4-7,9-10H2,1H3. The number of amides is 1. The van der Waals surface area contributed by atoms with Gasteiger partial charge in [-0.25, -0.2) is 0 Å². The number of hydrogen-bond acceptors (Lipinski definition) is 3. The molecule has 2 rings (SSSR count). The predicted molar refractivity (Wildman–Crippen MR) is 87.5 cm³/mol. The van der Waals surface area contributed by atoms with Crippen molar-refractivity contribution in [2.45, 2.75) is 25.4 Å². The molecular weight excluding hydrogens is 356 g/mol. The number of hydrogen-bond donors (Lipinski definition) is 1. The van der Waals surface area contributed by atoms with Gasteiger partial charge in [-0.15, -0.1) is 0 Å². The van der Waals surface area contributed by atoms with E-state index in [-0.39, 0.29) is 12.5 Å². The van der Waals surface area contributed by atoms with Crippen molar-refractivity contribution in [2.75, 3.05) is 26.8 Å². The molecule has 1 heterocycles. The van der Waals surface area contributed by atoms with Crippen LogP contribution in [0.2, 0.25) is 5.02 Å². The molecule has 1 N–H and O–H groups in total. The quantitative estimate of drug-likeness (QED) is 0.860. The highest BCUT2D eigenvalue weighted by Gasteiger charge is 2.22. The van der Waals surface area contributed by atoms with Gasteiger partial charge >= 0.3 is 0 Å². The number of nitrogens with zero attached hydrogens (tertiary/aromatic N) is 1. The maximum atomic E-state index is 11.7. The van der Waals surface area contributed by atoms with Gasteiger partial charge in [0.1, 0.15) is 6.61 Å². The molecule has 0 radical (unpaired) electrons. The Morgan fingerprint density at radius 2 is 2.19 bits per heavy atom. The van der Waals surface area contributed by atoms with Crippen LogP contribution in [0.3, 0.4) is 0 Å². The van der Waals surface area contributed by atoms with E-state index in [9.17, 15) is 4.79 Å². The molecule has 21 heavy (non-hydrogen) atoms. The minimum Gasteiger partial charge on any atom is -0.375 e. The van der Waals surface area contributed by atoms with Crippen LogP contribution in [0.25, 0.3) is 0 Å². The topological polar surface area (TPSA) is 41.6 Å². The van der Waals surface area contributed by atoms with E-state index in [0.717, 1.165) is 42.0 Å². The Hall–Kier alpha value is -0.620. The molecule has 1 saturated heterocycles. The number of piperidine rings is 1. The summed E-state index contributed by atoms with van der Waals surface area (Å²) in [6.07, 6.45) is 1.95. The Labute approximate surface area is 138 Å². The van der Waals surface area contributed by atoms with Crippen molar-refractivity contribution >= 4 is 33.4 Å². The lowest BCUT2D eigenvalue weighted by molar-refractivity contribution is -0.136. The number of methoxy groups -OCH3 is 1. The van der Waals surface area contributed by atoms with Gasteiger partial charge in [-0.1, -0.05) is 33.6 Å². The van der Waals surface area contributed by atoms with E-state index in [2.05, 4.69) is 21.2 Å². The average Bonchev–Trinajstić information content (AvgIpc) is 2.47. The van der Waals surface area contributed by atoms with Crippen molar-refractivity contribution < 1.29 is 9.53 Å². The highest BCUT2D eigenvalue weighted by Crippen LogP contribution is 2.22. The molecule has 1 aliphatic heterocycles. The number of ether oxygens (including phenoxy) is 1. The molecule has 0 saturated carbocycles. The van der Waals surface area contributed by atoms with Crippen LogP contribution in [0, 0.1) is 0 Å².